The van der Waals surface area contributed by atoms with E-state index >= 15 is 0 Å². The summed E-state index contributed by atoms with van der Waals surface area (Å²) in [6, 6.07) is 6.09. The van der Waals surface area contributed by atoms with Gasteiger partial charge in [-0.05, 0) is 46.3 Å². The lowest BCUT2D eigenvalue weighted by atomic mass is 10.3. The molecule has 3 nitrogen and oxygen atoms in total. The maximum absolute atomic E-state index is 13.5. The second-order valence-corrected chi connectivity index (χ2v) is 6.26. The van der Waals surface area contributed by atoms with Crippen molar-refractivity contribution in [2.45, 2.75) is 4.90 Å². The van der Waals surface area contributed by atoms with Crippen LogP contribution in [-0.2, 0) is 10.0 Å². The minimum atomic E-state index is -4.49. The monoisotopic (exact) mass is 365 g/mol. The first kappa shape index (κ1) is 14.9. The number of benzene rings is 2. The van der Waals surface area contributed by atoms with E-state index in [-0.39, 0.29) is 10.2 Å². The molecule has 0 atom stereocenters. The maximum atomic E-state index is 13.5. The molecule has 1 N–H and O–H groups in total. The van der Waals surface area contributed by atoms with Crippen LogP contribution in [0.2, 0.25) is 0 Å². The van der Waals surface area contributed by atoms with Gasteiger partial charge in [0.2, 0.25) is 0 Å². The molecule has 0 spiro atoms. The van der Waals surface area contributed by atoms with Crippen molar-refractivity contribution in [2.75, 3.05) is 4.72 Å². The van der Waals surface area contributed by atoms with Gasteiger partial charge in [0, 0.05) is 0 Å². The molecule has 2 aromatic rings. The Morgan fingerprint density at radius 2 is 1.55 bits per heavy atom. The third-order valence-corrected chi connectivity index (χ3v) is 4.43. The Morgan fingerprint density at radius 1 is 0.950 bits per heavy atom. The molecule has 0 aliphatic heterocycles. The fraction of sp³-hybridized carbons (Fsp3) is 0. The zero-order chi connectivity index (χ0) is 14.9. The fourth-order valence-electron chi connectivity index (χ4n) is 1.51. The van der Waals surface area contributed by atoms with E-state index in [1.807, 2.05) is 4.72 Å². The van der Waals surface area contributed by atoms with E-state index in [0.717, 1.165) is 24.3 Å². The van der Waals surface area contributed by atoms with E-state index in [1.165, 1.54) is 12.1 Å². The van der Waals surface area contributed by atoms with E-state index < -0.39 is 32.4 Å². The number of hydrogen-bond acceptors (Lipinski definition) is 2. The second kappa shape index (κ2) is 5.45. The Kier molecular flexibility index (Phi) is 4.05. The van der Waals surface area contributed by atoms with Crippen molar-refractivity contribution in [3.63, 3.8) is 0 Å². The minimum absolute atomic E-state index is 0.137. The SMILES string of the molecule is O=S(=O)(Nc1ccc(Br)c(F)c1)c1c(F)cccc1F. The molecular weight excluding hydrogens is 359 g/mol. The van der Waals surface area contributed by atoms with Gasteiger partial charge < -0.3 is 0 Å². The summed E-state index contributed by atoms with van der Waals surface area (Å²) in [5.74, 6) is -3.16. The van der Waals surface area contributed by atoms with Crippen molar-refractivity contribution in [1.82, 2.24) is 0 Å². The van der Waals surface area contributed by atoms with Gasteiger partial charge in [0.1, 0.15) is 17.5 Å². The van der Waals surface area contributed by atoms with Crippen LogP contribution in [0, 0.1) is 17.5 Å². The molecule has 0 fully saturated rings. The molecule has 8 heteroatoms. The van der Waals surface area contributed by atoms with E-state index in [0.29, 0.717) is 0 Å². The van der Waals surface area contributed by atoms with Crippen LogP contribution >= 0.6 is 15.9 Å². The highest BCUT2D eigenvalue weighted by molar-refractivity contribution is 9.10. The summed E-state index contributed by atoms with van der Waals surface area (Å²) in [7, 11) is -4.49. The molecule has 106 valence electrons. The van der Waals surface area contributed by atoms with Gasteiger partial charge in [0.25, 0.3) is 10.0 Å². The van der Waals surface area contributed by atoms with Crippen LogP contribution in [0.15, 0.2) is 45.8 Å². The molecular formula is C12H7BrF3NO2S. The number of rotatable bonds is 3. The molecule has 0 aliphatic rings. The quantitative estimate of drug-likeness (QED) is 0.901. The van der Waals surface area contributed by atoms with Crippen molar-refractivity contribution < 1.29 is 21.6 Å². The third-order valence-electron chi connectivity index (χ3n) is 2.36. The summed E-state index contributed by atoms with van der Waals surface area (Å²) >= 11 is 2.90. The van der Waals surface area contributed by atoms with Gasteiger partial charge in [0.15, 0.2) is 4.90 Å². The summed E-state index contributed by atoms with van der Waals surface area (Å²) < 4.78 is 66.1. The number of halogens is 4. The number of hydrogen-bond donors (Lipinski definition) is 1. The van der Waals surface area contributed by atoms with E-state index in [4.69, 9.17) is 0 Å². The first-order chi connectivity index (χ1) is 9.31. The first-order valence-electron chi connectivity index (χ1n) is 5.23. The summed E-state index contributed by atoms with van der Waals surface area (Å²) in [6.07, 6.45) is 0. The second-order valence-electron chi connectivity index (χ2n) is 3.79. The van der Waals surface area contributed by atoms with Crippen LogP contribution < -0.4 is 4.72 Å². The van der Waals surface area contributed by atoms with Crippen LogP contribution in [0.1, 0.15) is 0 Å². The Hall–Kier alpha value is -1.54. The molecule has 0 bridgehead atoms. The zero-order valence-corrected chi connectivity index (χ0v) is 12.1. The lowest BCUT2D eigenvalue weighted by molar-refractivity contribution is 0.521. The van der Waals surface area contributed by atoms with Gasteiger partial charge >= 0.3 is 0 Å². The normalized spacial score (nSPS) is 11.4. The largest absolute Gasteiger partial charge is 0.279 e. The molecule has 2 aromatic carbocycles. The summed E-state index contributed by atoms with van der Waals surface area (Å²) in [6.45, 7) is 0. The van der Waals surface area contributed by atoms with Gasteiger partial charge in [0.05, 0.1) is 10.2 Å². The number of nitrogens with one attached hydrogen (secondary N) is 1. The lowest BCUT2D eigenvalue weighted by Gasteiger charge is -2.10. The summed E-state index contributed by atoms with van der Waals surface area (Å²) in [5.41, 5.74) is -0.145. The van der Waals surface area contributed by atoms with E-state index in [1.54, 1.807) is 0 Å². The van der Waals surface area contributed by atoms with Crippen molar-refractivity contribution in [3.05, 3.63) is 58.3 Å². The maximum Gasteiger partial charge on any atom is 0.267 e. The summed E-state index contributed by atoms with van der Waals surface area (Å²) in [5, 5.41) is 0. The van der Waals surface area contributed by atoms with Crippen molar-refractivity contribution in [1.29, 1.82) is 0 Å². The van der Waals surface area contributed by atoms with Gasteiger partial charge in [-0.3, -0.25) is 4.72 Å². The minimum Gasteiger partial charge on any atom is -0.279 e. The molecule has 0 amide bonds. The topological polar surface area (TPSA) is 46.2 Å². The van der Waals surface area contributed by atoms with Crippen molar-refractivity contribution in [2.24, 2.45) is 0 Å². The van der Waals surface area contributed by atoms with Crippen LogP contribution in [0.5, 0.6) is 0 Å². The lowest BCUT2D eigenvalue weighted by Crippen LogP contribution is -2.16. The van der Waals surface area contributed by atoms with Gasteiger partial charge in [-0.1, -0.05) is 6.07 Å². The molecule has 0 heterocycles. The van der Waals surface area contributed by atoms with E-state index in [9.17, 15) is 21.6 Å². The summed E-state index contributed by atoms with van der Waals surface area (Å²) in [4.78, 5) is -1.11. The first-order valence-corrected chi connectivity index (χ1v) is 7.51. The zero-order valence-electron chi connectivity index (χ0n) is 9.70. The average molecular weight is 366 g/mol. The number of sulfonamides is 1. The highest BCUT2D eigenvalue weighted by Crippen LogP contribution is 2.24. The predicted octanol–water partition coefficient (Wildman–Crippen LogP) is 3.67. The molecule has 2 rings (SSSR count). The van der Waals surface area contributed by atoms with Crippen LogP contribution in [0.3, 0.4) is 0 Å². The molecule has 0 aromatic heterocycles. The highest BCUT2D eigenvalue weighted by Gasteiger charge is 2.24. The van der Waals surface area contributed by atoms with Crippen molar-refractivity contribution >= 4 is 31.6 Å². The smallest absolute Gasteiger partial charge is 0.267 e. The van der Waals surface area contributed by atoms with Crippen molar-refractivity contribution in [3.8, 4) is 0 Å². The molecule has 0 saturated carbocycles. The molecule has 0 aliphatic carbocycles. The average Bonchev–Trinajstić information content (AvgIpc) is 2.33. The van der Waals surface area contributed by atoms with Crippen LogP contribution in [0.25, 0.3) is 0 Å². The van der Waals surface area contributed by atoms with Gasteiger partial charge in [-0.15, -0.1) is 0 Å². The molecule has 20 heavy (non-hydrogen) atoms. The molecule has 0 unspecified atom stereocenters. The molecule has 0 saturated heterocycles. The van der Waals surface area contributed by atoms with E-state index in [2.05, 4.69) is 15.9 Å². The predicted molar refractivity (Wildman–Crippen MR) is 71.3 cm³/mol. The Morgan fingerprint density at radius 3 is 2.10 bits per heavy atom. The van der Waals surface area contributed by atoms with Gasteiger partial charge in [-0.25, -0.2) is 21.6 Å². The highest BCUT2D eigenvalue weighted by atomic mass is 79.9. The third kappa shape index (κ3) is 2.96. The standard InChI is InChI=1S/C12H7BrF3NO2S/c13-8-5-4-7(6-11(8)16)17-20(18,19)12-9(14)2-1-3-10(12)15/h1-6,17H. The Labute approximate surface area is 121 Å². The van der Waals surface area contributed by atoms with Gasteiger partial charge in [-0.2, -0.15) is 0 Å². The Balaban J connectivity index is 2.43. The number of anilines is 1. The van der Waals surface area contributed by atoms with Crippen LogP contribution in [-0.4, -0.2) is 8.42 Å². The van der Waals surface area contributed by atoms with Crippen LogP contribution in [0.4, 0.5) is 18.9 Å². The fourth-order valence-corrected chi connectivity index (χ4v) is 2.94. The Bertz CT molecular complexity index is 745. The molecule has 0 radical (unpaired) electrons.